The number of pyridine rings is 2. The Morgan fingerprint density at radius 2 is 1.22 bits per heavy atom. The van der Waals surface area contributed by atoms with Crippen LogP contribution in [0.5, 0.6) is 0 Å². The maximum Gasteiger partial charge on any atom is 0.416 e. The van der Waals surface area contributed by atoms with Crippen molar-refractivity contribution in [2.75, 3.05) is 5.32 Å². The van der Waals surface area contributed by atoms with Crippen molar-refractivity contribution >= 4 is 17.3 Å². The fourth-order valence-corrected chi connectivity index (χ4v) is 3.07. The van der Waals surface area contributed by atoms with Crippen molar-refractivity contribution in [1.82, 2.24) is 40.3 Å². The number of H-pyrrole nitrogens is 2. The Hall–Kier alpha value is -4.32. The molecule has 5 aromatic rings. The van der Waals surface area contributed by atoms with Gasteiger partial charge in [0, 0.05) is 41.6 Å². The van der Waals surface area contributed by atoms with Gasteiger partial charge in [-0.15, -0.1) is 11.6 Å². The molecule has 0 saturated heterocycles. The van der Waals surface area contributed by atoms with Gasteiger partial charge < -0.3 is 5.32 Å². The van der Waals surface area contributed by atoms with E-state index in [9.17, 15) is 13.2 Å². The molecule has 0 amide bonds. The number of hydrogen-bond acceptors (Lipinski definition) is 7. The van der Waals surface area contributed by atoms with Gasteiger partial charge in [0.1, 0.15) is 11.6 Å². The molecule has 9 nitrogen and oxygen atoms in total. The Bertz CT molecular complexity index is 1360. The van der Waals surface area contributed by atoms with Crippen LogP contribution in [0, 0.1) is 0 Å². The molecule has 36 heavy (non-hydrogen) atoms. The van der Waals surface area contributed by atoms with Gasteiger partial charge in [0.25, 0.3) is 0 Å². The SMILES string of the molecule is ClCc1nc(-c2ccncc2)n[nH]1.FC(F)(F)c1ccc(NCc2nc(-c3ccncc3)n[nH]2)cc1. The summed E-state index contributed by atoms with van der Waals surface area (Å²) in [6.45, 7) is 0.323. The number of halogens is 4. The highest BCUT2D eigenvalue weighted by Crippen LogP contribution is 2.29. The highest BCUT2D eigenvalue weighted by molar-refractivity contribution is 6.16. The molecule has 13 heteroatoms. The zero-order valence-electron chi connectivity index (χ0n) is 18.5. The summed E-state index contributed by atoms with van der Waals surface area (Å²) < 4.78 is 37.5. The third-order valence-corrected chi connectivity index (χ3v) is 4.99. The van der Waals surface area contributed by atoms with E-state index in [1.807, 2.05) is 12.1 Å². The first kappa shape index (κ1) is 24.8. The summed E-state index contributed by atoms with van der Waals surface area (Å²) in [5, 5.41) is 16.6. The summed E-state index contributed by atoms with van der Waals surface area (Å²) >= 11 is 5.58. The first-order valence-electron chi connectivity index (χ1n) is 10.5. The lowest BCUT2D eigenvalue weighted by atomic mass is 10.2. The van der Waals surface area contributed by atoms with Gasteiger partial charge in [-0.1, -0.05) is 0 Å². The smallest absolute Gasteiger partial charge is 0.378 e. The Morgan fingerprint density at radius 1 is 0.722 bits per heavy atom. The van der Waals surface area contributed by atoms with Crippen LogP contribution in [-0.4, -0.2) is 40.3 Å². The van der Waals surface area contributed by atoms with E-state index in [1.54, 1.807) is 36.9 Å². The van der Waals surface area contributed by atoms with Crippen molar-refractivity contribution in [2.45, 2.75) is 18.6 Å². The quantitative estimate of drug-likeness (QED) is 0.270. The van der Waals surface area contributed by atoms with E-state index in [-0.39, 0.29) is 0 Å². The zero-order valence-corrected chi connectivity index (χ0v) is 19.3. The van der Waals surface area contributed by atoms with Crippen molar-refractivity contribution < 1.29 is 13.2 Å². The average Bonchev–Trinajstić information content (AvgIpc) is 3.59. The molecule has 0 bridgehead atoms. The molecule has 0 unspecified atom stereocenters. The average molecular weight is 514 g/mol. The fraction of sp³-hybridized carbons (Fsp3) is 0.130. The molecular formula is C23H19ClF3N9. The van der Waals surface area contributed by atoms with Crippen LogP contribution < -0.4 is 5.32 Å². The molecule has 0 spiro atoms. The van der Waals surface area contributed by atoms with Gasteiger partial charge in [-0.3, -0.25) is 20.2 Å². The molecule has 4 heterocycles. The monoisotopic (exact) mass is 513 g/mol. The number of aromatic amines is 2. The summed E-state index contributed by atoms with van der Waals surface area (Å²) in [7, 11) is 0. The maximum absolute atomic E-state index is 12.5. The van der Waals surface area contributed by atoms with Crippen LogP contribution >= 0.6 is 11.6 Å². The lowest BCUT2D eigenvalue weighted by molar-refractivity contribution is -0.137. The van der Waals surface area contributed by atoms with E-state index in [0.717, 1.165) is 23.3 Å². The second kappa shape index (κ2) is 11.4. The zero-order chi connectivity index (χ0) is 25.4. The van der Waals surface area contributed by atoms with Crippen LogP contribution in [0.3, 0.4) is 0 Å². The van der Waals surface area contributed by atoms with E-state index in [2.05, 4.69) is 45.6 Å². The minimum absolute atomic E-state index is 0.323. The van der Waals surface area contributed by atoms with Crippen LogP contribution in [0.1, 0.15) is 17.2 Å². The molecule has 184 valence electrons. The Kier molecular flexibility index (Phi) is 7.85. The van der Waals surface area contributed by atoms with Crippen LogP contribution in [0.4, 0.5) is 18.9 Å². The Labute approximate surface area is 208 Å². The van der Waals surface area contributed by atoms with Crippen molar-refractivity contribution in [3.8, 4) is 22.8 Å². The van der Waals surface area contributed by atoms with Crippen molar-refractivity contribution in [3.05, 3.63) is 90.5 Å². The molecule has 1 aromatic carbocycles. The molecule has 5 rings (SSSR count). The van der Waals surface area contributed by atoms with Gasteiger partial charge in [0.05, 0.1) is 18.0 Å². The summed E-state index contributed by atoms with van der Waals surface area (Å²) in [5.74, 6) is 2.79. The van der Waals surface area contributed by atoms with E-state index in [1.165, 1.54) is 12.1 Å². The first-order valence-corrected chi connectivity index (χ1v) is 11.1. The molecule has 3 N–H and O–H groups in total. The second-order valence-corrected chi connectivity index (χ2v) is 7.51. The highest BCUT2D eigenvalue weighted by Gasteiger charge is 2.29. The van der Waals surface area contributed by atoms with Crippen LogP contribution in [0.15, 0.2) is 73.3 Å². The normalized spacial score (nSPS) is 11.0. The predicted octanol–water partition coefficient (Wildman–Crippen LogP) is 5.10. The number of alkyl halides is 4. The second-order valence-electron chi connectivity index (χ2n) is 7.25. The third-order valence-electron chi connectivity index (χ3n) is 4.74. The molecule has 0 atom stereocenters. The van der Waals surface area contributed by atoms with Gasteiger partial charge >= 0.3 is 6.18 Å². The van der Waals surface area contributed by atoms with Crippen molar-refractivity contribution in [2.24, 2.45) is 0 Å². The molecule has 0 radical (unpaired) electrons. The predicted molar refractivity (Wildman–Crippen MR) is 128 cm³/mol. The molecule has 0 aliphatic rings. The van der Waals surface area contributed by atoms with Gasteiger partial charge in [0.2, 0.25) is 0 Å². The summed E-state index contributed by atoms with van der Waals surface area (Å²) in [6, 6.07) is 12.1. The molecule has 0 fully saturated rings. The van der Waals surface area contributed by atoms with Crippen molar-refractivity contribution in [1.29, 1.82) is 0 Å². The number of hydrogen-bond donors (Lipinski definition) is 3. The summed E-state index contributed by atoms with van der Waals surface area (Å²) in [6.07, 6.45) is 2.36. The van der Waals surface area contributed by atoms with Crippen LogP contribution in [-0.2, 0) is 18.6 Å². The molecule has 0 saturated carbocycles. The van der Waals surface area contributed by atoms with Gasteiger partial charge in [-0.05, 0) is 48.5 Å². The van der Waals surface area contributed by atoms with Crippen LogP contribution in [0.2, 0.25) is 0 Å². The number of rotatable bonds is 6. The maximum atomic E-state index is 12.5. The van der Waals surface area contributed by atoms with E-state index in [4.69, 9.17) is 11.6 Å². The van der Waals surface area contributed by atoms with E-state index < -0.39 is 11.7 Å². The Balaban J connectivity index is 0.000000197. The highest BCUT2D eigenvalue weighted by atomic mass is 35.5. The minimum Gasteiger partial charge on any atom is -0.378 e. The number of nitrogens with one attached hydrogen (secondary N) is 3. The lowest BCUT2D eigenvalue weighted by Gasteiger charge is -2.08. The Morgan fingerprint density at radius 3 is 1.69 bits per heavy atom. The minimum atomic E-state index is -4.33. The fourth-order valence-electron chi connectivity index (χ4n) is 2.95. The lowest BCUT2D eigenvalue weighted by Crippen LogP contribution is -2.05. The number of aromatic nitrogens is 8. The standard InChI is InChI=1S/C15H12F3N5.C8H7ClN4/c16-15(17,18)11-1-3-12(4-2-11)20-9-13-21-14(23-22-13)10-5-7-19-8-6-10;9-5-7-11-8(13-12-7)6-1-3-10-4-2-6/h1-8,20H,9H2,(H,21,22,23);1-4H,5H2,(H,11,12,13). The third kappa shape index (κ3) is 6.63. The number of anilines is 1. The summed E-state index contributed by atoms with van der Waals surface area (Å²) in [5.41, 5.74) is 1.65. The van der Waals surface area contributed by atoms with Crippen LogP contribution in [0.25, 0.3) is 22.8 Å². The summed E-state index contributed by atoms with van der Waals surface area (Å²) in [4.78, 5) is 16.3. The van der Waals surface area contributed by atoms with Gasteiger partial charge in [-0.2, -0.15) is 23.4 Å². The van der Waals surface area contributed by atoms with E-state index in [0.29, 0.717) is 41.4 Å². The number of benzene rings is 1. The molecular weight excluding hydrogens is 495 g/mol. The molecule has 0 aliphatic carbocycles. The van der Waals surface area contributed by atoms with Gasteiger partial charge in [-0.25, -0.2) is 9.97 Å². The first-order chi connectivity index (χ1) is 17.4. The topological polar surface area (TPSA) is 121 Å². The van der Waals surface area contributed by atoms with Gasteiger partial charge in [0.15, 0.2) is 11.6 Å². The number of nitrogens with zero attached hydrogens (tertiary/aromatic N) is 6. The molecule has 4 aromatic heterocycles. The van der Waals surface area contributed by atoms with E-state index >= 15 is 0 Å². The van der Waals surface area contributed by atoms with Crippen molar-refractivity contribution in [3.63, 3.8) is 0 Å². The molecule has 0 aliphatic heterocycles. The largest absolute Gasteiger partial charge is 0.416 e.